The molecular weight excluding hydrogens is 196 g/mol. The maximum atomic E-state index is 9.26. The van der Waals surface area contributed by atoms with E-state index in [4.69, 9.17) is 9.47 Å². The molecule has 4 nitrogen and oxygen atoms in total. The molecular formula is C11H16O4. The van der Waals surface area contributed by atoms with E-state index < -0.39 is 0 Å². The lowest BCUT2D eigenvalue weighted by Gasteiger charge is -2.16. The second-order valence-corrected chi connectivity index (χ2v) is 3.20. The van der Waals surface area contributed by atoms with E-state index in [1.54, 1.807) is 6.07 Å². The Labute approximate surface area is 89.1 Å². The number of aryl methyl sites for hydroxylation is 1. The molecule has 0 aliphatic rings. The average Bonchev–Trinajstić information content (AvgIpc) is 2.27. The molecule has 0 bridgehead atoms. The van der Waals surface area contributed by atoms with E-state index in [0.717, 1.165) is 5.56 Å². The van der Waals surface area contributed by atoms with Crippen LogP contribution in [0.25, 0.3) is 0 Å². The predicted octanol–water partition coefficient (Wildman–Crippen LogP) is 0.997. The number of ether oxygens (including phenoxy) is 2. The van der Waals surface area contributed by atoms with Gasteiger partial charge in [-0.25, -0.2) is 0 Å². The molecule has 84 valence electrons. The van der Waals surface area contributed by atoms with E-state index in [2.05, 4.69) is 0 Å². The number of rotatable bonds is 4. The smallest absolute Gasteiger partial charge is 0.166 e. The third-order valence-electron chi connectivity index (χ3n) is 2.43. The lowest BCUT2D eigenvalue weighted by atomic mass is 10.0. The number of benzene rings is 1. The molecule has 0 spiro atoms. The molecule has 0 unspecified atom stereocenters. The van der Waals surface area contributed by atoms with Crippen LogP contribution in [0.2, 0.25) is 0 Å². The number of hydrogen-bond donors (Lipinski definition) is 2. The summed E-state index contributed by atoms with van der Waals surface area (Å²) in [6, 6.07) is 1.78. The second kappa shape index (κ2) is 5.00. The molecule has 1 rings (SSSR count). The van der Waals surface area contributed by atoms with Crippen molar-refractivity contribution < 1.29 is 19.7 Å². The first-order valence-corrected chi connectivity index (χ1v) is 4.64. The Balaban J connectivity index is 3.44. The van der Waals surface area contributed by atoms with Crippen LogP contribution in [0.4, 0.5) is 0 Å². The first-order chi connectivity index (χ1) is 7.19. The third kappa shape index (κ3) is 2.06. The van der Waals surface area contributed by atoms with Gasteiger partial charge in [-0.05, 0) is 24.1 Å². The monoisotopic (exact) mass is 212 g/mol. The van der Waals surface area contributed by atoms with E-state index in [0.29, 0.717) is 22.6 Å². The number of methoxy groups -OCH3 is 2. The second-order valence-electron chi connectivity index (χ2n) is 3.20. The summed E-state index contributed by atoms with van der Waals surface area (Å²) >= 11 is 0. The largest absolute Gasteiger partial charge is 0.493 e. The van der Waals surface area contributed by atoms with Crippen molar-refractivity contribution >= 4 is 0 Å². The standard InChI is InChI=1S/C11H16O4/c1-7-4-10(14-2)11(15-3)9(6-13)8(7)5-12/h4,12-13H,5-6H2,1-3H3. The average molecular weight is 212 g/mol. The molecule has 1 aromatic carbocycles. The highest BCUT2D eigenvalue weighted by molar-refractivity contribution is 5.53. The van der Waals surface area contributed by atoms with Crippen molar-refractivity contribution in [3.8, 4) is 11.5 Å². The number of aliphatic hydroxyl groups is 2. The summed E-state index contributed by atoms with van der Waals surface area (Å²) in [6.45, 7) is 1.55. The normalized spacial score (nSPS) is 10.2. The molecule has 1 aromatic rings. The summed E-state index contributed by atoms with van der Waals surface area (Å²) in [5.74, 6) is 1.05. The summed E-state index contributed by atoms with van der Waals surface area (Å²) in [5.41, 5.74) is 2.14. The van der Waals surface area contributed by atoms with Crippen LogP contribution in [-0.2, 0) is 13.2 Å². The van der Waals surface area contributed by atoms with Gasteiger partial charge in [-0.3, -0.25) is 0 Å². The Bertz CT molecular complexity index is 347. The molecule has 15 heavy (non-hydrogen) atoms. The van der Waals surface area contributed by atoms with Crippen LogP contribution in [0.1, 0.15) is 16.7 Å². The topological polar surface area (TPSA) is 58.9 Å². The van der Waals surface area contributed by atoms with Crippen LogP contribution < -0.4 is 9.47 Å². The SMILES string of the molecule is COc1cc(C)c(CO)c(CO)c1OC. The van der Waals surface area contributed by atoms with Crippen LogP contribution in [0.15, 0.2) is 6.07 Å². The Morgan fingerprint density at radius 1 is 1.07 bits per heavy atom. The van der Waals surface area contributed by atoms with E-state index in [-0.39, 0.29) is 13.2 Å². The van der Waals surface area contributed by atoms with Crippen LogP contribution in [0.5, 0.6) is 11.5 Å². The van der Waals surface area contributed by atoms with Gasteiger partial charge in [0.25, 0.3) is 0 Å². The van der Waals surface area contributed by atoms with Crippen molar-refractivity contribution in [1.82, 2.24) is 0 Å². The van der Waals surface area contributed by atoms with E-state index >= 15 is 0 Å². The molecule has 0 aliphatic carbocycles. The van der Waals surface area contributed by atoms with Gasteiger partial charge in [0.1, 0.15) is 0 Å². The van der Waals surface area contributed by atoms with Gasteiger partial charge in [-0.2, -0.15) is 0 Å². The van der Waals surface area contributed by atoms with Gasteiger partial charge >= 0.3 is 0 Å². The lowest BCUT2D eigenvalue weighted by Crippen LogP contribution is -2.03. The van der Waals surface area contributed by atoms with Gasteiger partial charge in [-0.1, -0.05) is 0 Å². The Kier molecular flexibility index (Phi) is 3.94. The fourth-order valence-electron chi connectivity index (χ4n) is 1.64. The molecule has 4 heteroatoms. The summed E-state index contributed by atoms with van der Waals surface area (Å²) in [4.78, 5) is 0. The van der Waals surface area contributed by atoms with Crippen LogP contribution >= 0.6 is 0 Å². The van der Waals surface area contributed by atoms with Crippen molar-refractivity contribution in [2.75, 3.05) is 14.2 Å². The summed E-state index contributed by atoms with van der Waals surface area (Å²) in [6.07, 6.45) is 0. The first-order valence-electron chi connectivity index (χ1n) is 4.64. The van der Waals surface area contributed by atoms with Crippen molar-refractivity contribution in [3.05, 3.63) is 22.8 Å². The van der Waals surface area contributed by atoms with Gasteiger partial charge in [0.2, 0.25) is 0 Å². The summed E-state index contributed by atoms with van der Waals surface area (Å²) in [5, 5.41) is 18.5. The van der Waals surface area contributed by atoms with Crippen molar-refractivity contribution in [2.45, 2.75) is 20.1 Å². The van der Waals surface area contributed by atoms with Crippen LogP contribution in [0, 0.1) is 6.92 Å². The minimum absolute atomic E-state index is 0.123. The van der Waals surface area contributed by atoms with Gasteiger partial charge < -0.3 is 19.7 Å². The Morgan fingerprint density at radius 3 is 2.07 bits per heavy atom. The number of aliphatic hydroxyl groups excluding tert-OH is 2. The van der Waals surface area contributed by atoms with Gasteiger partial charge in [0, 0.05) is 5.56 Å². The summed E-state index contributed by atoms with van der Waals surface area (Å²) in [7, 11) is 3.05. The van der Waals surface area contributed by atoms with Crippen molar-refractivity contribution in [2.24, 2.45) is 0 Å². The van der Waals surface area contributed by atoms with E-state index in [9.17, 15) is 10.2 Å². The molecule has 2 N–H and O–H groups in total. The molecule has 0 amide bonds. The molecule has 0 atom stereocenters. The first kappa shape index (κ1) is 11.8. The highest BCUT2D eigenvalue weighted by Gasteiger charge is 2.16. The quantitative estimate of drug-likeness (QED) is 0.781. The molecule has 0 saturated heterocycles. The third-order valence-corrected chi connectivity index (χ3v) is 2.43. The zero-order valence-electron chi connectivity index (χ0n) is 9.20. The Morgan fingerprint density at radius 2 is 1.67 bits per heavy atom. The minimum atomic E-state index is -0.183. The van der Waals surface area contributed by atoms with Crippen molar-refractivity contribution in [1.29, 1.82) is 0 Å². The lowest BCUT2D eigenvalue weighted by molar-refractivity contribution is 0.250. The Hall–Kier alpha value is -1.26. The van der Waals surface area contributed by atoms with E-state index in [1.165, 1.54) is 14.2 Å². The highest BCUT2D eigenvalue weighted by Crippen LogP contribution is 2.35. The molecule has 0 aromatic heterocycles. The predicted molar refractivity (Wildman–Crippen MR) is 56.1 cm³/mol. The van der Waals surface area contributed by atoms with Crippen molar-refractivity contribution in [3.63, 3.8) is 0 Å². The maximum absolute atomic E-state index is 9.26. The molecule has 0 heterocycles. The van der Waals surface area contributed by atoms with Crippen LogP contribution in [0.3, 0.4) is 0 Å². The van der Waals surface area contributed by atoms with Gasteiger partial charge in [0.05, 0.1) is 27.4 Å². The number of hydrogen-bond acceptors (Lipinski definition) is 4. The molecule has 0 fully saturated rings. The fraction of sp³-hybridized carbons (Fsp3) is 0.455. The van der Waals surface area contributed by atoms with Gasteiger partial charge in [-0.15, -0.1) is 0 Å². The minimum Gasteiger partial charge on any atom is -0.493 e. The van der Waals surface area contributed by atoms with Crippen LogP contribution in [-0.4, -0.2) is 24.4 Å². The molecule has 0 saturated carbocycles. The zero-order valence-corrected chi connectivity index (χ0v) is 9.20. The van der Waals surface area contributed by atoms with E-state index in [1.807, 2.05) is 6.92 Å². The summed E-state index contributed by atoms with van der Waals surface area (Å²) < 4.78 is 10.3. The maximum Gasteiger partial charge on any atom is 0.166 e. The molecule has 0 aliphatic heterocycles. The zero-order chi connectivity index (χ0) is 11.4. The fourth-order valence-corrected chi connectivity index (χ4v) is 1.64. The molecule has 0 radical (unpaired) electrons. The van der Waals surface area contributed by atoms with Gasteiger partial charge in [0.15, 0.2) is 11.5 Å². The highest BCUT2D eigenvalue weighted by atomic mass is 16.5.